The van der Waals surface area contributed by atoms with Crippen LogP contribution < -0.4 is 37.2 Å². The van der Waals surface area contributed by atoms with E-state index in [-0.39, 0.29) is 51.8 Å². The number of hydrogen-bond acceptors (Lipinski definition) is 0. The van der Waals surface area contributed by atoms with Gasteiger partial charge < -0.3 is 37.2 Å². The molecule has 0 saturated heterocycles. The molecule has 0 spiro atoms. The van der Waals surface area contributed by atoms with Gasteiger partial charge in [-0.25, -0.2) is 0 Å². The molecule has 2 aromatic carbocycles. The van der Waals surface area contributed by atoms with E-state index in [1.807, 2.05) is 0 Å². The number of benzene rings is 2. The average Bonchev–Trinajstić information content (AvgIpc) is 2.98. The minimum Gasteiger partial charge on any atom is -1.00 e. The molecule has 1 aliphatic carbocycles. The molecule has 0 aliphatic heterocycles. The summed E-state index contributed by atoms with van der Waals surface area (Å²) in [5.74, 6) is 0. The van der Waals surface area contributed by atoms with Crippen molar-refractivity contribution in [2.24, 2.45) is 5.41 Å². The molecular weight excluding hydrogens is 455 g/mol. The zero-order valence-electron chi connectivity index (χ0n) is 17.6. The summed E-state index contributed by atoms with van der Waals surface area (Å²) in [5.41, 5.74) is 4.14. The number of halogens is 3. The Bertz CT molecular complexity index is 767. The van der Waals surface area contributed by atoms with Crippen molar-refractivity contribution in [2.75, 3.05) is 0 Å². The molecule has 0 heterocycles. The third-order valence-electron chi connectivity index (χ3n) is 5.67. The van der Waals surface area contributed by atoms with E-state index in [0.29, 0.717) is 0 Å². The van der Waals surface area contributed by atoms with Gasteiger partial charge in [-0.2, -0.15) is 0 Å². The van der Waals surface area contributed by atoms with Crippen molar-refractivity contribution < 1.29 is 57.7 Å². The molecule has 2 aromatic rings. The van der Waals surface area contributed by atoms with E-state index >= 15 is 0 Å². The van der Waals surface area contributed by atoms with Crippen LogP contribution in [0.2, 0.25) is 3.72 Å². The minimum atomic E-state index is -0.144. The fourth-order valence-corrected chi connectivity index (χ4v) is 6.27. The third-order valence-corrected chi connectivity index (χ3v) is 6.74. The predicted molar refractivity (Wildman–Crippen MR) is 108 cm³/mol. The van der Waals surface area contributed by atoms with Gasteiger partial charge in [0.25, 0.3) is 0 Å². The van der Waals surface area contributed by atoms with E-state index in [9.17, 15) is 0 Å². The molecule has 1 atom stereocenters. The topological polar surface area (TPSA) is 0 Å². The summed E-state index contributed by atoms with van der Waals surface area (Å²) in [5, 5.41) is 0. The summed E-state index contributed by atoms with van der Waals surface area (Å²) in [6.45, 7) is 9.42. The summed E-state index contributed by atoms with van der Waals surface area (Å²) in [6, 6.07) is 22.2. The summed E-state index contributed by atoms with van der Waals surface area (Å²) in [4.78, 5) is 0. The Hall–Kier alpha value is -0.496. The molecule has 154 valence electrons. The Morgan fingerprint density at radius 3 is 1.62 bits per heavy atom. The van der Waals surface area contributed by atoms with Crippen molar-refractivity contribution in [1.82, 2.24) is 0 Å². The quantitative estimate of drug-likeness (QED) is 0.433. The van der Waals surface area contributed by atoms with Crippen molar-refractivity contribution in [3.05, 3.63) is 95.6 Å². The molecule has 0 nitrogen and oxygen atoms in total. The van der Waals surface area contributed by atoms with Gasteiger partial charge in [0.05, 0.1) is 0 Å². The molecule has 0 fully saturated rings. The van der Waals surface area contributed by atoms with Crippen LogP contribution in [0.25, 0.3) is 0 Å². The first-order valence-corrected chi connectivity index (χ1v) is 10.4. The summed E-state index contributed by atoms with van der Waals surface area (Å²) >= 11 is 2.41. The Labute approximate surface area is 207 Å². The zero-order chi connectivity index (χ0) is 18.8. The van der Waals surface area contributed by atoms with Gasteiger partial charge in [0.15, 0.2) is 0 Å². The molecule has 0 radical (unpaired) electrons. The Morgan fingerprint density at radius 2 is 1.24 bits per heavy atom. The molecule has 0 N–H and O–H groups in total. The van der Waals surface area contributed by atoms with Crippen LogP contribution in [0.5, 0.6) is 0 Å². The zero-order valence-corrected chi connectivity index (χ0v) is 21.4. The van der Waals surface area contributed by atoms with Gasteiger partial charge in [0.2, 0.25) is 0 Å². The van der Waals surface area contributed by atoms with E-state index in [1.165, 1.54) is 23.1 Å². The second-order valence-electron chi connectivity index (χ2n) is 8.40. The molecule has 0 amide bonds. The van der Waals surface area contributed by atoms with E-state index in [1.54, 1.807) is 0 Å². The van der Waals surface area contributed by atoms with E-state index < -0.39 is 0 Å². The van der Waals surface area contributed by atoms with Crippen LogP contribution >= 0.6 is 0 Å². The Kier molecular flexibility index (Phi) is 11.0. The molecule has 0 aromatic heterocycles. The molecule has 3 rings (SSSR count). The molecule has 29 heavy (non-hydrogen) atoms. The van der Waals surface area contributed by atoms with Crippen molar-refractivity contribution in [2.45, 2.75) is 49.7 Å². The minimum absolute atomic E-state index is 0. The van der Waals surface area contributed by atoms with Crippen molar-refractivity contribution in [3.63, 3.8) is 0 Å². The van der Waals surface area contributed by atoms with Crippen molar-refractivity contribution >= 4 is 0 Å². The van der Waals surface area contributed by atoms with Gasteiger partial charge in [0, 0.05) is 0 Å². The predicted octanol–water partition coefficient (Wildman–Crippen LogP) is -1.97. The van der Waals surface area contributed by atoms with Crippen LogP contribution in [-0.4, -0.2) is 0 Å². The first-order valence-electron chi connectivity index (χ1n) is 9.62. The average molecular weight is 484 g/mol. The van der Waals surface area contributed by atoms with E-state index in [4.69, 9.17) is 0 Å². The van der Waals surface area contributed by atoms with E-state index in [0.717, 1.165) is 6.42 Å². The smallest absolute Gasteiger partial charge is 1.00 e. The third kappa shape index (κ3) is 5.05. The Morgan fingerprint density at radius 1 is 0.793 bits per heavy atom. The second-order valence-corrected chi connectivity index (χ2v) is 9.70. The monoisotopic (exact) mass is 482 g/mol. The molecule has 1 unspecified atom stereocenters. The van der Waals surface area contributed by atoms with Crippen LogP contribution in [0, 0.1) is 5.41 Å². The maximum atomic E-state index is 2.53. The largest absolute Gasteiger partial charge is 1.00 e. The summed E-state index contributed by atoms with van der Waals surface area (Å²) in [6.07, 6.45) is 9.67. The van der Waals surface area contributed by atoms with Crippen LogP contribution in [0.4, 0.5) is 0 Å². The van der Waals surface area contributed by atoms with Gasteiger partial charge >= 0.3 is 171 Å². The molecular formula is C25H29Cl3Ti. The van der Waals surface area contributed by atoms with Crippen molar-refractivity contribution in [1.29, 1.82) is 0 Å². The normalized spacial score (nSPS) is 18.2. The fraction of sp³-hybridized carbons (Fsp3) is 0.360. The molecule has 0 saturated carbocycles. The van der Waals surface area contributed by atoms with Gasteiger partial charge in [0.1, 0.15) is 0 Å². The van der Waals surface area contributed by atoms with Gasteiger partial charge in [-0.15, -0.1) is 0 Å². The van der Waals surface area contributed by atoms with Gasteiger partial charge in [-0.1, -0.05) is 0 Å². The first kappa shape index (κ1) is 28.5. The maximum Gasteiger partial charge on any atom is -1.00 e. The fourth-order valence-electron chi connectivity index (χ4n) is 4.81. The SMILES string of the molecule is CCCC1=C[C]([Ti+3])(C(c2ccccc2)(c2ccccc2)C(C)(C)C)C=C1.[Cl-].[Cl-].[Cl-]. The van der Waals surface area contributed by atoms with Crippen LogP contribution in [0.15, 0.2) is 84.5 Å². The first-order chi connectivity index (χ1) is 12.3. The Balaban J connectivity index is 0.00000261. The number of hydrogen-bond donors (Lipinski definition) is 0. The molecule has 0 bridgehead atoms. The molecule has 1 aliphatic rings. The second kappa shape index (κ2) is 11.2. The number of rotatable bonds is 5. The van der Waals surface area contributed by atoms with Crippen LogP contribution in [-0.2, 0) is 25.9 Å². The van der Waals surface area contributed by atoms with Crippen LogP contribution in [0.1, 0.15) is 51.7 Å². The summed E-state index contributed by atoms with van der Waals surface area (Å²) in [7, 11) is 0. The van der Waals surface area contributed by atoms with Gasteiger partial charge in [-0.05, 0) is 0 Å². The summed E-state index contributed by atoms with van der Waals surface area (Å²) < 4.78 is -0.0710. The molecule has 4 heteroatoms. The number of allylic oxidation sites excluding steroid dienone is 4. The van der Waals surface area contributed by atoms with E-state index in [2.05, 4.69) is 127 Å². The maximum absolute atomic E-state index is 2.53. The van der Waals surface area contributed by atoms with Crippen LogP contribution in [0.3, 0.4) is 0 Å². The standard InChI is InChI=1S/C25H29.3ClH.Ti/c1-5-12-20-17-18-23(19-20)25(24(2,3)4,21-13-8-6-9-14-21)22-15-10-7-11-16-22;;;;/h6-11,13-19H,5,12H2,1-4H3;3*1H;/q;;;;+3/p-3. The van der Waals surface area contributed by atoms with Gasteiger partial charge in [-0.3, -0.25) is 0 Å². The van der Waals surface area contributed by atoms with Crippen molar-refractivity contribution in [3.8, 4) is 0 Å².